The molecular formula is C19H27BO4. The first-order chi connectivity index (χ1) is 11.3. The summed E-state index contributed by atoms with van der Waals surface area (Å²) in [6, 6.07) is 4.28. The molecule has 0 aromatic heterocycles. The summed E-state index contributed by atoms with van der Waals surface area (Å²) >= 11 is 0. The monoisotopic (exact) mass is 330 g/mol. The molecule has 1 heterocycles. The van der Waals surface area contributed by atoms with Crippen molar-refractivity contribution in [1.29, 1.82) is 0 Å². The standard InChI is InChI=1S/C19H27BO4/c1-17(2)18(3,4)24-20(23-17)15-11-14(22-12-21-5)10-13-6-7-19(8-9-19)16(13)15/h10-11H,6-9,12H2,1-5H3. The molecule has 1 aromatic carbocycles. The molecule has 1 spiro atoms. The van der Waals surface area contributed by atoms with Gasteiger partial charge in [-0.25, -0.2) is 0 Å². The fraction of sp³-hybridized carbons (Fsp3) is 0.684. The Hall–Kier alpha value is -1.04. The number of hydrogen-bond acceptors (Lipinski definition) is 4. The first kappa shape index (κ1) is 16.4. The van der Waals surface area contributed by atoms with Crippen molar-refractivity contribution in [1.82, 2.24) is 0 Å². The molecule has 0 amide bonds. The molecule has 0 atom stereocenters. The Morgan fingerprint density at radius 1 is 1.04 bits per heavy atom. The number of fused-ring (bicyclic) bond motifs is 2. The maximum Gasteiger partial charge on any atom is 0.495 e. The average molecular weight is 330 g/mol. The first-order valence-electron chi connectivity index (χ1n) is 8.93. The maximum absolute atomic E-state index is 6.35. The summed E-state index contributed by atoms with van der Waals surface area (Å²) in [5.74, 6) is 0.845. The minimum Gasteiger partial charge on any atom is -0.468 e. The molecule has 2 aliphatic carbocycles. The number of hydrogen-bond donors (Lipinski definition) is 0. The van der Waals surface area contributed by atoms with Crippen molar-refractivity contribution < 1.29 is 18.8 Å². The number of benzene rings is 1. The van der Waals surface area contributed by atoms with E-state index in [0.717, 1.165) is 17.6 Å². The largest absolute Gasteiger partial charge is 0.495 e. The molecule has 5 heteroatoms. The second kappa shape index (κ2) is 5.23. The fourth-order valence-corrected chi connectivity index (χ4v) is 4.06. The molecule has 3 aliphatic rings. The Balaban J connectivity index is 1.75. The smallest absolute Gasteiger partial charge is 0.468 e. The zero-order valence-corrected chi connectivity index (χ0v) is 15.4. The van der Waals surface area contributed by atoms with E-state index >= 15 is 0 Å². The minimum absolute atomic E-state index is 0.257. The zero-order chi connectivity index (χ0) is 17.2. The van der Waals surface area contributed by atoms with Crippen LogP contribution in [-0.4, -0.2) is 32.2 Å². The van der Waals surface area contributed by atoms with E-state index in [-0.39, 0.29) is 25.1 Å². The lowest BCUT2D eigenvalue weighted by Gasteiger charge is -2.32. The van der Waals surface area contributed by atoms with E-state index in [2.05, 4.69) is 39.8 Å². The van der Waals surface area contributed by atoms with Gasteiger partial charge in [0.15, 0.2) is 6.79 Å². The number of ether oxygens (including phenoxy) is 2. The topological polar surface area (TPSA) is 36.9 Å². The average Bonchev–Trinajstić information content (AvgIpc) is 3.14. The summed E-state index contributed by atoms with van der Waals surface area (Å²) < 4.78 is 23.5. The number of aryl methyl sites for hydroxylation is 1. The Morgan fingerprint density at radius 2 is 1.71 bits per heavy atom. The zero-order valence-electron chi connectivity index (χ0n) is 15.4. The van der Waals surface area contributed by atoms with Gasteiger partial charge in [-0.1, -0.05) is 0 Å². The summed E-state index contributed by atoms with van der Waals surface area (Å²) in [5.41, 5.74) is 3.73. The van der Waals surface area contributed by atoms with Crippen molar-refractivity contribution in [3.05, 3.63) is 23.3 Å². The maximum atomic E-state index is 6.35. The van der Waals surface area contributed by atoms with E-state index in [1.165, 1.54) is 30.4 Å². The van der Waals surface area contributed by atoms with Crippen LogP contribution in [0.5, 0.6) is 5.75 Å². The van der Waals surface area contributed by atoms with Gasteiger partial charge < -0.3 is 18.8 Å². The quantitative estimate of drug-likeness (QED) is 0.628. The van der Waals surface area contributed by atoms with Gasteiger partial charge in [-0.05, 0) is 87.5 Å². The molecular weight excluding hydrogens is 303 g/mol. The Morgan fingerprint density at radius 3 is 2.29 bits per heavy atom. The lowest BCUT2D eigenvalue weighted by Crippen LogP contribution is -2.41. The molecule has 0 radical (unpaired) electrons. The molecule has 0 N–H and O–H groups in total. The Labute approximate surface area is 145 Å². The lowest BCUT2D eigenvalue weighted by molar-refractivity contribution is 0.00578. The van der Waals surface area contributed by atoms with E-state index in [1.54, 1.807) is 7.11 Å². The molecule has 24 heavy (non-hydrogen) atoms. The van der Waals surface area contributed by atoms with Gasteiger partial charge in [-0.15, -0.1) is 0 Å². The summed E-state index contributed by atoms with van der Waals surface area (Å²) in [5, 5.41) is 0. The van der Waals surface area contributed by atoms with Crippen molar-refractivity contribution >= 4 is 12.6 Å². The van der Waals surface area contributed by atoms with Gasteiger partial charge in [-0.2, -0.15) is 0 Å². The number of methoxy groups -OCH3 is 1. The molecule has 4 nitrogen and oxygen atoms in total. The van der Waals surface area contributed by atoms with Crippen molar-refractivity contribution in [2.24, 2.45) is 0 Å². The summed E-state index contributed by atoms with van der Waals surface area (Å²) in [4.78, 5) is 0. The van der Waals surface area contributed by atoms with Gasteiger partial charge in [0.25, 0.3) is 0 Å². The van der Waals surface area contributed by atoms with E-state index in [0.29, 0.717) is 5.41 Å². The van der Waals surface area contributed by atoms with E-state index in [4.69, 9.17) is 18.8 Å². The van der Waals surface area contributed by atoms with Gasteiger partial charge in [0.2, 0.25) is 0 Å². The van der Waals surface area contributed by atoms with Crippen LogP contribution in [0.25, 0.3) is 0 Å². The second-order valence-electron chi connectivity index (χ2n) is 8.47. The molecule has 2 fully saturated rings. The van der Waals surface area contributed by atoms with Crippen LogP contribution in [0.15, 0.2) is 12.1 Å². The van der Waals surface area contributed by atoms with Crippen LogP contribution in [0.4, 0.5) is 0 Å². The predicted octanol–water partition coefficient (Wildman–Crippen LogP) is 2.95. The van der Waals surface area contributed by atoms with Crippen molar-refractivity contribution in [2.45, 2.75) is 70.0 Å². The Kier molecular flexibility index (Phi) is 3.58. The van der Waals surface area contributed by atoms with E-state index in [1.807, 2.05) is 0 Å². The highest BCUT2D eigenvalue weighted by Gasteiger charge is 2.56. The molecule has 1 aliphatic heterocycles. The van der Waals surface area contributed by atoms with Crippen LogP contribution in [0, 0.1) is 0 Å². The minimum atomic E-state index is -0.330. The summed E-state index contributed by atoms with van der Waals surface area (Å²) in [6.07, 6.45) is 4.92. The van der Waals surface area contributed by atoms with Crippen LogP contribution >= 0.6 is 0 Å². The molecule has 0 bridgehead atoms. The molecule has 1 saturated carbocycles. The lowest BCUT2D eigenvalue weighted by atomic mass is 9.72. The fourth-order valence-electron chi connectivity index (χ4n) is 4.06. The van der Waals surface area contributed by atoms with E-state index in [9.17, 15) is 0 Å². The van der Waals surface area contributed by atoms with Crippen molar-refractivity contribution in [3.63, 3.8) is 0 Å². The highest BCUT2D eigenvalue weighted by atomic mass is 16.7. The Bertz CT molecular complexity index is 648. The van der Waals surface area contributed by atoms with Crippen LogP contribution in [0.1, 0.15) is 58.1 Å². The summed E-state index contributed by atoms with van der Waals surface area (Å²) in [7, 11) is 1.31. The molecule has 0 unspecified atom stereocenters. The molecule has 1 saturated heterocycles. The SMILES string of the molecule is COCOc1cc2c(c(B3OC(C)(C)C(C)(C)O3)c1)C1(CC2)CC1. The summed E-state index contributed by atoms with van der Waals surface area (Å²) in [6.45, 7) is 8.67. The van der Waals surface area contributed by atoms with Crippen LogP contribution in [0.2, 0.25) is 0 Å². The van der Waals surface area contributed by atoms with Gasteiger partial charge in [0, 0.05) is 7.11 Å². The van der Waals surface area contributed by atoms with Crippen molar-refractivity contribution in [3.8, 4) is 5.75 Å². The second-order valence-corrected chi connectivity index (χ2v) is 8.47. The number of rotatable bonds is 4. The van der Waals surface area contributed by atoms with Crippen LogP contribution in [-0.2, 0) is 25.9 Å². The van der Waals surface area contributed by atoms with Crippen LogP contribution < -0.4 is 10.2 Å². The van der Waals surface area contributed by atoms with Gasteiger partial charge in [0.05, 0.1) is 11.2 Å². The highest BCUT2D eigenvalue weighted by Crippen LogP contribution is 2.57. The molecule has 130 valence electrons. The first-order valence-corrected chi connectivity index (χ1v) is 8.93. The van der Waals surface area contributed by atoms with Gasteiger partial charge >= 0.3 is 7.12 Å². The van der Waals surface area contributed by atoms with Gasteiger partial charge in [0.1, 0.15) is 5.75 Å². The van der Waals surface area contributed by atoms with Crippen molar-refractivity contribution in [2.75, 3.05) is 13.9 Å². The highest BCUT2D eigenvalue weighted by molar-refractivity contribution is 6.63. The third-order valence-corrected chi connectivity index (χ3v) is 6.33. The van der Waals surface area contributed by atoms with Gasteiger partial charge in [-0.3, -0.25) is 0 Å². The third kappa shape index (κ3) is 2.40. The normalized spacial score (nSPS) is 25.1. The van der Waals surface area contributed by atoms with E-state index < -0.39 is 0 Å². The molecule has 1 aromatic rings. The molecule has 4 rings (SSSR count). The third-order valence-electron chi connectivity index (χ3n) is 6.33. The van der Waals surface area contributed by atoms with Crippen LogP contribution in [0.3, 0.4) is 0 Å². The predicted molar refractivity (Wildman–Crippen MR) is 93.9 cm³/mol.